The molecular formula is C19H18N2O. The third kappa shape index (κ3) is 3.05. The first kappa shape index (κ1) is 14.4. The second kappa shape index (κ2) is 6.50. The summed E-state index contributed by atoms with van der Waals surface area (Å²) in [6.07, 6.45) is 4.01. The standard InChI is InChI=1S/C19H18N2O/c1-20-19(16-5-3-2-4-6-16)18(22)12-14-7-8-15-9-10-21-13-17(15)11-14/h2-11,13,19-20H,12H2,1H3/t19-/m1/s1. The molecule has 3 rings (SSSR count). The van der Waals surface area contributed by atoms with Gasteiger partial charge in [-0.05, 0) is 35.7 Å². The highest BCUT2D eigenvalue weighted by Crippen LogP contribution is 2.19. The number of carbonyl (C=O) groups is 1. The lowest BCUT2D eigenvalue weighted by Crippen LogP contribution is -2.26. The van der Waals surface area contributed by atoms with Gasteiger partial charge in [0.15, 0.2) is 5.78 Å². The van der Waals surface area contributed by atoms with Crippen LogP contribution in [0.3, 0.4) is 0 Å². The number of aromatic nitrogens is 1. The zero-order chi connectivity index (χ0) is 15.4. The molecule has 3 heteroatoms. The van der Waals surface area contributed by atoms with Gasteiger partial charge in [0, 0.05) is 24.2 Å². The number of likely N-dealkylation sites (N-methyl/N-ethyl adjacent to an activating group) is 1. The van der Waals surface area contributed by atoms with Gasteiger partial charge in [-0.25, -0.2) is 0 Å². The van der Waals surface area contributed by atoms with E-state index in [1.54, 1.807) is 6.20 Å². The highest BCUT2D eigenvalue weighted by atomic mass is 16.1. The number of hydrogen-bond donors (Lipinski definition) is 1. The van der Waals surface area contributed by atoms with Crippen LogP contribution in [0.5, 0.6) is 0 Å². The molecule has 0 radical (unpaired) electrons. The molecule has 0 bridgehead atoms. The first-order chi connectivity index (χ1) is 10.8. The van der Waals surface area contributed by atoms with Gasteiger partial charge in [-0.1, -0.05) is 42.5 Å². The second-order valence-electron chi connectivity index (χ2n) is 5.33. The summed E-state index contributed by atoms with van der Waals surface area (Å²) in [5.41, 5.74) is 2.01. The predicted molar refractivity (Wildman–Crippen MR) is 88.7 cm³/mol. The summed E-state index contributed by atoms with van der Waals surface area (Å²) >= 11 is 0. The maximum atomic E-state index is 12.6. The SMILES string of the molecule is CN[C@@H](C(=O)Cc1ccc2ccncc2c1)c1ccccc1. The van der Waals surface area contributed by atoms with E-state index in [-0.39, 0.29) is 11.8 Å². The molecule has 22 heavy (non-hydrogen) atoms. The van der Waals surface area contributed by atoms with E-state index in [9.17, 15) is 4.79 Å². The van der Waals surface area contributed by atoms with E-state index >= 15 is 0 Å². The zero-order valence-corrected chi connectivity index (χ0v) is 12.5. The molecule has 0 aliphatic heterocycles. The van der Waals surface area contributed by atoms with Crippen LogP contribution >= 0.6 is 0 Å². The number of Topliss-reactive ketones (excluding diaryl/α,β-unsaturated/α-hetero) is 1. The lowest BCUT2D eigenvalue weighted by molar-refractivity contribution is -0.120. The topological polar surface area (TPSA) is 42.0 Å². The molecular weight excluding hydrogens is 272 g/mol. The lowest BCUT2D eigenvalue weighted by Gasteiger charge is -2.15. The molecule has 0 unspecified atom stereocenters. The van der Waals surface area contributed by atoms with Gasteiger partial charge in [0.1, 0.15) is 0 Å². The fourth-order valence-corrected chi connectivity index (χ4v) is 2.71. The normalized spacial score (nSPS) is 12.2. The van der Waals surface area contributed by atoms with Crippen molar-refractivity contribution >= 4 is 16.6 Å². The van der Waals surface area contributed by atoms with Crippen molar-refractivity contribution in [3.05, 3.63) is 78.1 Å². The fourth-order valence-electron chi connectivity index (χ4n) is 2.71. The van der Waals surface area contributed by atoms with Crippen molar-refractivity contribution in [3.8, 4) is 0 Å². The molecule has 2 aromatic carbocycles. The van der Waals surface area contributed by atoms with Crippen molar-refractivity contribution < 1.29 is 4.79 Å². The number of hydrogen-bond acceptors (Lipinski definition) is 3. The van der Waals surface area contributed by atoms with Gasteiger partial charge < -0.3 is 5.32 Å². The molecule has 0 saturated heterocycles. The maximum Gasteiger partial charge on any atom is 0.158 e. The van der Waals surface area contributed by atoms with Gasteiger partial charge >= 0.3 is 0 Å². The largest absolute Gasteiger partial charge is 0.307 e. The highest BCUT2D eigenvalue weighted by Gasteiger charge is 2.18. The molecule has 3 nitrogen and oxygen atoms in total. The molecule has 0 aliphatic rings. The van der Waals surface area contributed by atoms with E-state index in [1.165, 1.54) is 0 Å². The minimum atomic E-state index is -0.272. The first-order valence-corrected chi connectivity index (χ1v) is 7.35. The Kier molecular flexibility index (Phi) is 4.26. The smallest absolute Gasteiger partial charge is 0.158 e. The van der Waals surface area contributed by atoms with E-state index in [0.717, 1.165) is 21.9 Å². The van der Waals surface area contributed by atoms with Crippen LogP contribution in [-0.4, -0.2) is 17.8 Å². The van der Waals surface area contributed by atoms with Crippen molar-refractivity contribution in [2.24, 2.45) is 0 Å². The number of ketones is 1. The summed E-state index contributed by atoms with van der Waals surface area (Å²) < 4.78 is 0. The van der Waals surface area contributed by atoms with Crippen molar-refractivity contribution in [2.45, 2.75) is 12.5 Å². The number of pyridine rings is 1. The molecule has 3 aromatic rings. The van der Waals surface area contributed by atoms with E-state index in [2.05, 4.69) is 10.3 Å². The van der Waals surface area contributed by atoms with Crippen LogP contribution in [0.25, 0.3) is 10.8 Å². The van der Waals surface area contributed by atoms with Crippen LogP contribution in [0.2, 0.25) is 0 Å². The van der Waals surface area contributed by atoms with Crippen molar-refractivity contribution in [1.29, 1.82) is 0 Å². The Hall–Kier alpha value is -2.52. The molecule has 110 valence electrons. The molecule has 1 heterocycles. The third-order valence-electron chi connectivity index (χ3n) is 3.83. The van der Waals surface area contributed by atoms with Gasteiger partial charge in [0.2, 0.25) is 0 Å². The minimum absolute atomic E-state index is 0.164. The minimum Gasteiger partial charge on any atom is -0.307 e. The molecule has 0 saturated carbocycles. The van der Waals surface area contributed by atoms with Crippen LogP contribution in [0.1, 0.15) is 17.2 Å². The van der Waals surface area contributed by atoms with Crippen LogP contribution in [-0.2, 0) is 11.2 Å². The van der Waals surface area contributed by atoms with E-state index in [0.29, 0.717) is 6.42 Å². The Morgan fingerprint density at radius 2 is 1.91 bits per heavy atom. The first-order valence-electron chi connectivity index (χ1n) is 7.35. The summed E-state index contributed by atoms with van der Waals surface area (Å²) in [6.45, 7) is 0. The van der Waals surface area contributed by atoms with Crippen molar-refractivity contribution in [3.63, 3.8) is 0 Å². The Morgan fingerprint density at radius 1 is 1.09 bits per heavy atom. The quantitative estimate of drug-likeness (QED) is 0.784. The average Bonchev–Trinajstić information content (AvgIpc) is 2.56. The van der Waals surface area contributed by atoms with Crippen LogP contribution in [0.15, 0.2) is 67.0 Å². The van der Waals surface area contributed by atoms with E-state index in [4.69, 9.17) is 0 Å². The number of fused-ring (bicyclic) bond motifs is 1. The van der Waals surface area contributed by atoms with Gasteiger partial charge in [-0.15, -0.1) is 0 Å². The Labute approximate surface area is 130 Å². The summed E-state index contributed by atoms with van der Waals surface area (Å²) in [6, 6.07) is 17.6. The Bertz CT molecular complexity index is 784. The van der Waals surface area contributed by atoms with Crippen LogP contribution in [0.4, 0.5) is 0 Å². The average molecular weight is 290 g/mol. The van der Waals surface area contributed by atoms with Gasteiger partial charge in [-0.2, -0.15) is 0 Å². The summed E-state index contributed by atoms with van der Waals surface area (Å²) in [7, 11) is 1.82. The number of benzene rings is 2. The molecule has 0 aliphatic carbocycles. The van der Waals surface area contributed by atoms with Crippen LogP contribution in [0, 0.1) is 0 Å². The summed E-state index contributed by atoms with van der Waals surface area (Å²) in [5, 5.41) is 5.32. The highest BCUT2D eigenvalue weighted by molar-refractivity contribution is 5.89. The number of carbonyl (C=O) groups excluding carboxylic acids is 1. The molecule has 1 N–H and O–H groups in total. The maximum absolute atomic E-state index is 12.6. The molecule has 1 atom stereocenters. The van der Waals surface area contributed by atoms with E-state index in [1.807, 2.05) is 67.8 Å². The lowest BCUT2D eigenvalue weighted by atomic mass is 9.97. The number of rotatable bonds is 5. The number of nitrogens with one attached hydrogen (secondary N) is 1. The van der Waals surface area contributed by atoms with Gasteiger partial charge in [-0.3, -0.25) is 9.78 Å². The van der Waals surface area contributed by atoms with Crippen LogP contribution < -0.4 is 5.32 Å². The fraction of sp³-hybridized carbons (Fsp3) is 0.158. The molecule has 1 aromatic heterocycles. The Balaban J connectivity index is 1.82. The molecule has 0 spiro atoms. The van der Waals surface area contributed by atoms with E-state index < -0.39 is 0 Å². The second-order valence-corrected chi connectivity index (χ2v) is 5.33. The Morgan fingerprint density at radius 3 is 2.68 bits per heavy atom. The van der Waals surface area contributed by atoms with Gasteiger partial charge in [0.05, 0.1) is 6.04 Å². The van der Waals surface area contributed by atoms with Crippen molar-refractivity contribution in [2.75, 3.05) is 7.05 Å². The zero-order valence-electron chi connectivity index (χ0n) is 12.5. The predicted octanol–water partition coefficient (Wildman–Crippen LogP) is 3.31. The third-order valence-corrected chi connectivity index (χ3v) is 3.83. The monoisotopic (exact) mass is 290 g/mol. The van der Waals surface area contributed by atoms with Crippen molar-refractivity contribution in [1.82, 2.24) is 10.3 Å². The van der Waals surface area contributed by atoms with Gasteiger partial charge in [0.25, 0.3) is 0 Å². The molecule has 0 amide bonds. The number of nitrogens with zero attached hydrogens (tertiary/aromatic N) is 1. The molecule has 0 fully saturated rings. The summed E-state index contributed by atoms with van der Waals surface area (Å²) in [4.78, 5) is 16.7. The summed E-state index contributed by atoms with van der Waals surface area (Å²) in [5.74, 6) is 0.164.